The third kappa shape index (κ3) is 3.33. The van der Waals surface area contributed by atoms with Gasteiger partial charge in [-0.3, -0.25) is 9.59 Å². The van der Waals surface area contributed by atoms with Gasteiger partial charge in [0.05, 0.1) is 13.5 Å². The molecule has 0 spiro atoms. The summed E-state index contributed by atoms with van der Waals surface area (Å²) in [6.45, 7) is 0.587. The van der Waals surface area contributed by atoms with Crippen molar-refractivity contribution in [2.24, 2.45) is 0 Å². The molecule has 1 amide bonds. The average molecular weight is 292 g/mol. The first-order valence-corrected chi connectivity index (χ1v) is 6.75. The third-order valence-corrected chi connectivity index (χ3v) is 3.58. The molecular weight excluding hydrogens is 276 g/mol. The lowest BCUT2D eigenvalue weighted by atomic mass is 10.1. The number of carbonyl (C=O) groups excluding carboxylic acids is 2. The Morgan fingerprint density at radius 1 is 1.40 bits per heavy atom. The van der Waals surface area contributed by atoms with E-state index in [-0.39, 0.29) is 12.3 Å². The summed E-state index contributed by atoms with van der Waals surface area (Å²) >= 11 is 5.14. The molecular formula is C14H16N2O3S. The number of nitrogens with zero attached hydrogens (tertiary/aromatic N) is 1. The van der Waals surface area contributed by atoms with Crippen LogP contribution in [0, 0.1) is 0 Å². The van der Waals surface area contributed by atoms with Gasteiger partial charge >= 0.3 is 5.97 Å². The fourth-order valence-corrected chi connectivity index (χ4v) is 2.46. The zero-order chi connectivity index (χ0) is 14.5. The zero-order valence-corrected chi connectivity index (χ0v) is 12.0. The topological polar surface area (TPSA) is 58.6 Å². The summed E-state index contributed by atoms with van der Waals surface area (Å²) in [5.74, 6) is -0.659. The highest BCUT2D eigenvalue weighted by atomic mass is 32.1. The first-order valence-electron chi connectivity index (χ1n) is 6.34. The number of rotatable bonds is 5. The molecule has 0 saturated carbocycles. The van der Waals surface area contributed by atoms with Crippen molar-refractivity contribution in [3.05, 3.63) is 35.9 Å². The maximum atomic E-state index is 11.8. The molecule has 1 aliphatic rings. The Balaban J connectivity index is 2.01. The average Bonchev–Trinajstić information content (AvgIpc) is 2.72. The van der Waals surface area contributed by atoms with E-state index in [0.29, 0.717) is 11.7 Å². The second-order valence-corrected chi connectivity index (χ2v) is 4.91. The lowest BCUT2D eigenvalue weighted by molar-refractivity contribution is -0.143. The summed E-state index contributed by atoms with van der Waals surface area (Å²) in [7, 11) is 1.31. The Kier molecular flexibility index (Phi) is 4.68. The Labute approximate surface area is 122 Å². The minimum Gasteiger partial charge on any atom is -0.469 e. The number of carbonyl (C=O) groups is 2. The molecule has 6 heteroatoms. The quantitative estimate of drug-likeness (QED) is 0.645. The highest BCUT2D eigenvalue weighted by molar-refractivity contribution is 7.80. The van der Waals surface area contributed by atoms with Gasteiger partial charge in [0.25, 0.3) is 0 Å². The molecule has 5 nitrogen and oxygen atoms in total. The SMILES string of the molecule is COC(=O)CC1C(=O)NC(=S)N1CCc1ccccc1. The lowest BCUT2D eigenvalue weighted by Crippen LogP contribution is -2.38. The largest absolute Gasteiger partial charge is 0.469 e. The van der Waals surface area contributed by atoms with Crippen LogP contribution in [0.2, 0.25) is 0 Å². The number of hydrogen-bond acceptors (Lipinski definition) is 4. The van der Waals surface area contributed by atoms with E-state index in [1.165, 1.54) is 7.11 Å². The van der Waals surface area contributed by atoms with Crippen LogP contribution in [0.25, 0.3) is 0 Å². The van der Waals surface area contributed by atoms with Crippen LogP contribution in [-0.2, 0) is 20.7 Å². The van der Waals surface area contributed by atoms with Gasteiger partial charge in [-0.25, -0.2) is 0 Å². The number of thiocarbonyl (C=S) groups is 1. The highest BCUT2D eigenvalue weighted by Gasteiger charge is 2.37. The van der Waals surface area contributed by atoms with Crippen LogP contribution in [0.3, 0.4) is 0 Å². The molecule has 1 aliphatic heterocycles. The highest BCUT2D eigenvalue weighted by Crippen LogP contribution is 2.14. The van der Waals surface area contributed by atoms with E-state index in [2.05, 4.69) is 10.1 Å². The van der Waals surface area contributed by atoms with E-state index in [9.17, 15) is 9.59 Å². The Hall–Kier alpha value is -1.95. The predicted molar refractivity (Wildman–Crippen MR) is 78.0 cm³/mol. The monoisotopic (exact) mass is 292 g/mol. The van der Waals surface area contributed by atoms with Gasteiger partial charge in [0.1, 0.15) is 6.04 Å². The maximum absolute atomic E-state index is 11.8. The molecule has 0 radical (unpaired) electrons. The number of nitrogens with one attached hydrogen (secondary N) is 1. The van der Waals surface area contributed by atoms with Gasteiger partial charge < -0.3 is 15.0 Å². The number of esters is 1. The second-order valence-electron chi connectivity index (χ2n) is 4.52. The number of hydrogen-bond donors (Lipinski definition) is 1. The van der Waals surface area contributed by atoms with E-state index in [1.54, 1.807) is 4.90 Å². The molecule has 1 aromatic rings. The molecule has 1 aromatic carbocycles. The molecule has 1 saturated heterocycles. The van der Waals surface area contributed by atoms with Gasteiger partial charge in [-0.2, -0.15) is 0 Å². The second kappa shape index (κ2) is 6.47. The molecule has 1 atom stereocenters. The van der Waals surface area contributed by atoms with Gasteiger partial charge in [0, 0.05) is 6.54 Å². The molecule has 0 aromatic heterocycles. The molecule has 0 bridgehead atoms. The van der Waals surface area contributed by atoms with E-state index >= 15 is 0 Å². The lowest BCUT2D eigenvalue weighted by Gasteiger charge is -2.22. The van der Waals surface area contributed by atoms with Crippen LogP contribution in [0.15, 0.2) is 30.3 Å². The van der Waals surface area contributed by atoms with E-state index in [0.717, 1.165) is 12.0 Å². The van der Waals surface area contributed by atoms with Crippen LogP contribution in [0.1, 0.15) is 12.0 Å². The molecule has 1 N–H and O–H groups in total. The minimum atomic E-state index is -0.571. The van der Waals surface area contributed by atoms with Gasteiger partial charge in [0.2, 0.25) is 5.91 Å². The fourth-order valence-electron chi connectivity index (χ4n) is 2.14. The van der Waals surface area contributed by atoms with Crippen LogP contribution in [-0.4, -0.2) is 41.6 Å². The van der Waals surface area contributed by atoms with Crippen LogP contribution in [0.5, 0.6) is 0 Å². The van der Waals surface area contributed by atoms with Crippen molar-refractivity contribution in [1.29, 1.82) is 0 Å². The maximum Gasteiger partial charge on any atom is 0.308 e. The molecule has 1 unspecified atom stereocenters. The number of methoxy groups -OCH3 is 1. The summed E-state index contributed by atoms with van der Waals surface area (Å²) in [4.78, 5) is 24.9. The Morgan fingerprint density at radius 3 is 2.75 bits per heavy atom. The number of amides is 1. The van der Waals surface area contributed by atoms with Crippen molar-refractivity contribution >= 4 is 29.2 Å². The van der Waals surface area contributed by atoms with E-state index in [1.807, 2.05) is 30.3 Å². The molecule has 2 rings (SSSR count). The summed E-state index contributed by atoms with van der Waals surface area (Å²) in [6, 6.07) is 9.35. The van der Waals surface area contributed by atoms with Crippen molar-refractivity contribution in [3.8, 4) is 0 Å². The Bertz CT molecular complexity index is 518. The standard InChI is InChI=1S/C14H16N2O3S/c1-19-12(17)9-11-13(18)15-14(20)16(11)8-7-10-5-3-2-4-6-10/h2-6,11H,7-9H2,1H3,(H,15,18,20). The van der Waals surface area contributed by atoms with Gasteiger partial charge in [-0.05, 0) is 24.2 Å². The smallest absolute Gasteiger partial charge is 0.308 e. The van der Waals surface area contributed by atoms with Crippen molar-refractivity contribution in [2.45, 2.75) is 18.9 Å². The van der Waals surface area contributed by atoms with Crippen molar-refractivity contribution in [3.63, 3.8) is 0 Å². The predicted octanol–water partition coefficient (Wildman–Crippen LogP) is 0.877. The number of benzene rings is 1. The molecule has 106 valence electrons. The normalized spacial score (nSPS) is 18.1. The Morgan fingerprint density at radius 2 is 2.10 bits per heavy atom. The summed E-state index contributed by atoms with van der Waals surface area (Å²) < 4.78 is 4.62. The molecule has 1 heterocycles. The van der Waals surface area contributed by atoms with Crippen LogP contribution >= 0.6 is 12.2 Å². The fraction of sp³-hybridized carbons (Fsp3) is 0.357. The minimum absolute atomic E-state index is 0.0112. The summed E-state index contributed by atoms with van der Waals surface area (Å²) in [6.07, 6.45) is 0.769. The first kappa shape index (κ1) is 14.5. The van der Waals surface area contributed by atoms with Crippen molar-refractivity contribution < 1.29 is 14.3 Å². The van der Waals surface area contributed by atoms with Crippen LogP contribution < -0.4 is 5.32 Å². The molecule has 20 heavy (non-hydrogen) atoms. The zero-order valence-electron chi connectivity index (χ0n) is 11.2. The van der Waals surface area contributed by atoms with Crippen molar-refractivity contribution in [2.75, 3.05) is 13.7 Å². The van der Waals surface area contributed by atoms with Crippen LogP contribution in [0.4, 0.5) is 0 Å². The van der Waals surface area contributed by atoms with E-state index < -0.39 is 12.0 Å². The van der Waals surface area contributed by atoms with Crippen molar-refractivity contribution in [1.82, 2.24) is 10.2 Å². The molecule has 0 aliphatic carbocycles. The molecule has 1 fully saturated rings. The van der Waals surface area contributed by atoms with Gasteiger partial charge in [0.15, 0.2) is 5.11 Å². The first-order chi connectivity index (χ1) is 9.61. The van der Waals surface area contributed by atoms with Gasteiger partial charge in [-0.1, -0.05) is 30.3 Å². The van der Waals surface area contributed by atoms with Gasteiger partial charge in [-0.15, -0.1) is 0 Å². The summed E-state index contributed by atoms with van der Waals surface area (Å²) in [5, 5.41) is 2.97. The van der Waals surface area contributed by atoms with E-state index in [4.69, 9.17) is 12.2 Å². The number of ether oxygens (including phenoxy) is 1. The third-order valence-electron chi connectivity index (χ3n) is 3.24. The summed E-state index contributed by atoms with van der Waals surface area (Å²) in [5.41, 5.74) is 1.16.